The van der Waals surface area contributed by atoms with Gasteiger partial charge in [-0.15, -0.1) is 0 Å². The van der Waals surface area contributed by atoms with Gasteiger partial charge < -0.3 is 10.2 Å². The Labute approximate surface area is 190 Å². The van der Waals surface area contributed by atoms with Gasteiger partial charge in [0.15, 0.2) is 0 Å². The van der Waals surface area contributed by atoms with Crippen LogP contribution in [-0.4, -0.2) is 50.5 Å². The number of rotatable bonds is 9. The molecule has 0 saturated carbocycles. The molecule has 0 bridgehead atoms. The molecule has 168 valence electrons. The van der Waals surface area contributed by atoms with Crippen molar-refractivity contribution >= 4 is 43.5 Å². The Morgan fingerprint density at radius 3 is 2.29 bits per heavy atom. The van der Waals surface area contributed by atoms with Gasteiger partial charge in [-0.25, -0.2) is 12.8 Å². The summed E-state index contributed by atoms with van der Waals surface area (Å²) >= 11 is 3.32. The molecule has 31 heavy (non-hydrogen) atoms. The Morgan fingerprint density at radius 2 is 1.74 bits per heavy atom. The van der Waals surface area contributed by atoms with E-state index in [0.29, 0.717) is 22.3 Å². The summed E-state index contributed by atoms with van der Waals surface area (Å²) in [5.74, 6) is -1.36. The Hall–Kier alpha value is -2.46. The minimum atomic E-state index is -3.80. The summed E-state index contributed by atoms with van der Waals surface area (Å²) in [4.78, 5) is 27.0. The monoisotopic (exact) mass is 513 g/mol. The van der Waals surface area contributed by atoms with Gasteiger partial charge in [-0.2, -0.15) is 0 Å². The minimum absolute atomic E-state index is 0.0188. The molecule has 10 heteroatoms. The molecule has 1 unspecified atom stereocenters. The van der Waals surface area contributed by atoms with Gasteiger partial charge in [0.25, 0.3) is 0 Å². The smallest absolute Gasteiger partial charge is 0.244 e. The second-order valence-corrected chi connectivity index (χ2v) is 9.70. The molecule has 0 fully saturated rings. The first-order chi connectivity index (χ1) is 14.5. The van der Waals surface area contributed by atoms with Crippen LogP contribution in [0.15, 0.2) is 53.0 Å². The van der Waals surface area contributed by atoms with Crippen molar-refractivity contribution in [3.63, 3.8) is 0 Å². The van der Waals surface area contributed by atoms with Crippen LogP contribution in [0.5, 0.6) is 0 Å². The number of carbonyl (C=O) groups excluding carboxylic acids is 2. The Balaban J connectivity index is 2.38. The van der Waals surface area contributed by atoms with Gasteiger partial charge >= 0.3 is 0 Å². The number of nitrogens with zero attached hydrogens (tertiary/aromatic N) is 2. The third-order valence-electron chi connectivity index (χ3n) is 4.58. The Morgan fingerprint density at radius 1 is 1.13 bits per heavy atom. The average Bonchev–Trinajstić information content (AvgIpc) is 2.71. The number of likely N-dealkylation sites (N-methyl/N-ethyl adjacent to an activating group) is 1. The summed E-state index contributed by atoms with van der Waals surface area (Å²) in [5, 5.41) is 2.67. The number of benzene rings is 2. The van der Waals surface area contributed by atoms with Crippen LogP contribution < -0.4 is 9.62 Å². The number of anilines is 1. The first-order valence-electron chi connectivity index (χ1n) is 9.58. The maximum absolute atomic E-state index is 13.3. The molecule has 0 aliphatic carbocycles. The largest absolute Gasteiger partial charge is 0.355 e. The lowest BCUT2D eigenvalue weighted by Crippen LogP contribution is -2.51. The van der Waals surface area contributed by atoms with E-state index in [-0.39, 0.29) is 12.5 Å². The average molecular weight is 514 g/mol. The highest BCUT2D eigenvalue weighted by Gasteiger charge is 2.30. The molecule has 2 aromatic rings. The second-order valence-electron chi connectivity index (χ2n) is 6.94. The highest BCUT2D eigenvalue weighted by atomic mass is 79.9. The summed E-state index contributed by atoms with van der Waals surface area (Å²) in [6.07, 6.45) is 1.01. The maximum Gasteiger partial charge on any atom is 0.244 e. The minimum Gasteiger partial charge on any atom is -0.355 e. The molecule has 1 N–H and O–H groups in total. The van der Waals surface area contributed by atoms with E-state index in [1.165, 1.54) is 29.2 Å². The molecule has 0 aliphatic heterocycles. The zero-order chi connectivity index (χ0) is 23.2. The lowest BCUT2D eigenvalue weighted by molar-refractivity contribution is -0.139. The van der Waals surface area contributed by atoms with Gasteiger partial charge in [0.1, 0.15) is 18.4 Å². The van der Waals surface area contributed by atoms with Crippen molar-refractivity contribution in [1.29, 1.82) is 0 Å². The number of sulfonamides is 1. The van der Waals surface area contributed by atoms with Crippen LogP contribution in [-0.2, 0) is 26.2 Å². The normalized spacial score (nSPS) is 12.2. The quantitative estimate of drug-likeness (QED) is 0.558. The molecular weight excluding hydrogens is 489 g/mol. The van der Waals surface area contributed by atoms with Gasteiger partial charge in [0, 0.05) is 17.6 Å². The van der Waals surface area contributed by atoms with Crippen molar-refractivity contribution in [1.82, 2.24) is 10.2 Å². The van der Waals surface area contributed by atoms with Crippen molar-refractivity contribution in [2.24, 2.45) is 0 Å². The molecule has 2 amide bonds. The Kier molecular flexibility index (Phi) is 8.58. The molecule has 0 heterocycles. The van der Waals surface area contributed by atoms with Crippen LogP contribution in [0.1, 0.15) is 19.4 Å². The molecule has 1 atom stereocenters. The fourth-order valence-corrected chi connectivity index (χ4v) is 4.42. The highest BCUT2D eigenvalue weighted by molar-refractivity contribution is 9.10. The fourth-order valence-electron chi connectivity index (χ4n) is 2.94. The Bertz CT molecular complexity index is 1030. The molecule has 0 aliphatic rings. The predicted octanol–water partition coefficient (Wildman–Crippen LogP) is 2.91. The van der Waals surface area contributed by atoms with E-state index in [0.717, 1.165) is 10.6 Å². The number of halogens is 2. The van der Waals surface area contributed by atoms with Crippen LogP contribution in [0.25, 0.3) is 0 Å². The van der Waals surface area contributed by atoms with E-state index in [4.69, 9.17) is 0 Å². The van der Waals surface area contributed by atoms with Crippen molar-refractivity contribution in [2.45, 2.75) is 26.4 Å². The second kappa shape index (κ2) is 10.7. The van der Waals surface area contributed by atoms with Crippen LogP contribution >= 0.6 is 15.9 Å². The van der Waals surface area contributed by atoms with Crippen LogP contribution in [0.3, 0.4) is 0 Å². The first kappa shape index (κ1) is 24.8. The number of hydrogen-bond donors (Lipinski definition) is 1. The van der Waals surface area contributed by atoms with Gasteiger partial charge in [0.2, 0.25) is 21.8 Å². The summed E-state index contributed by atoms with van der Waals surface area (Å²) in [5.41, 5.74) is 0.920. The predicted molar refractivity (Wildman–Crippen MR) is 121 cm³/mol. The molecule has 0 saturated heterocycles. The molecule has 2 aromatic carbocycles. The zero-order valence-corrected chi connectivity index (χ0v) is 19.9. The number of hydrogen-bond acceptors (Lipinski definition) is 4. The van der Waals surface area contributed by atoms with Gasteiger partial charge in [-0.3, -0.25) is 13.9 Å². The number of amides is 2. The van der Waals surface area contributed by atoms with E-state index < -0.39 is 34.3 Å². The summed E-state index contributed by atoms with van der Waals surface area (Å²) in [6.45, 7) is 3.23. The van der Waals surface area contributed by atoms with Gasteiger partial charge in [-0.05, 0) is 59.6 Å². The zero-order valence-electron chi connectivity index (χ0n) is 17.5. The summed E-state index contributed by atoms with van der Waals surface area (Å²) in [6, 6.07) is 11.3. The van der Waals surface area contributed by atoms with E-state index in [1.807, 2.05) is 0 Å². The van der Waals surface area contributed by atoms with Crippen molar-refractivity contribution in [3.05, 3.63) is 64.4 Å². The molecule has 0 spiro atoms. The maximum atomic E-state index is 13.3. The van der Waals surface area contributed by atoms with Gasteiger partial charge in [-0.1, -0.05) is 24.3 Å². The van der Waals surface area contributed by atoms with E-state index in [2.05, 4.69) is 21.2 Å². The molecule has 0 radical (unpaired) electrons. The molecule has 7 nitrogen and oxygen atoms in total. The first-order valence-corrected chi connectivity index (χ1v) is 12.2. The topological polar surface area (TPSA) is 86.8 Å². The van der Waals surface area contributed by atoms with Gasteiger partial charge in [0.05, 0.1) is 11.9 Å². The summed E-state index contributed by atoms with van der Waals surface area (Å²) < 4.78 is 39.7. The third-order valence-corrected chi connectivity index (χ3v) is 6.38. The molecule has 0 aromatic heterocycles. The lowest BCUT2D eigenvalue weighted by Gasteiger charge is -2.31. The van der Waals surface area contributed by atoms with Crippen LogP contribution in [0, 0.1) is 5.82 Å². The van der Waals surface area contributed by atoms with E-state index >= 15 is 0 Å². The lowest BCUT2D eigenvalue weighted by atomic mass is 10.1. The van der Waals surface area contributed by atoms with Crippen molar-refractivity contribution in [3.8, 4) is 0 Å². The number of para-hydroxylation sites is 1. The molecule has 2 rings (SSSR count). The van der Waals surface area contributed by atoms with Crippen molar-refractivity contribution < 1.29 is 22.4 Å². The van der Waals surface area contributed by atoms with E-state index in [9.17, 15) is 22.4 Å². The fraction of sp³-hybridized carbons (Fsp3) is 0.333. The summed E-state index contributed by atoms with van der Waals surface area (Å²) in [7, 11) is -3.80. The molecular formula is C21H25BrFN3O4S. The standard InChI is InChI=1S/C21H25BrFN3O4S/c1-4-24-21(28)15(2)25(13-16-9-11-17(23)12-10-16)20(27)14-26(31(3,29)30)19-8-6-5-7-18(19)22/h5-12,15H,4,13-14H2,1-3H3,(H,24,28). The number of carbonyl (C=O) groups is 2. The SMILES string of the molecule is CCNC(=O)C(C)N(Cc1ccc(F)cc1)C(=O)CN(c1ccccc1Br)S(C)(=O)=O. The van der Waals surface area contributed by atoms with Crippen LogP contribution in [0.2, 0.25) is 0 Å². The van der Waals surface area contributed by atoms with E-state index in [1.54, 1.807) is 38.1 Å². The van der Waals surface area contributed by atoms with Crippen LogP contribution in [0.4, 0.5) is 10.1 Å². The number of nitrogens with one attached hydrogen (secondary N) is 1. The van der Waals surface area contributed by atoms with Crippen molar-refractivity contribution in [2.75, 3.05) is 23.7 Å². The highest BCUT2D eigenvalue weighted by Crippen LogP contribution is 2.28. The third kappa shape index (κ3) is 6.76.